The van der Waals surface area contributed by atoms with E-state index in [1.165, 1.54) is 11.3 Å². The van der Waals surface area contributed by atoms with Crippen LogP contribution in [0, 0.1) is 11.3 Å². The Bertz CT molecular complexity index is 1320. The van der Waals surface area contributed by atoms with E-state index in [0.717, 1.165) is 10.6 Å². The molecule has 3 aromatic carbocycles. The molecule has 0 atom stereocenters. The van der Waals surface area contributed by atoms with Crippen LogP contribution in [-0.2, 0) is 24.4 Å². The fourth-order valence-corrected chi connectivity index (χ4v) is 3.93. The van der Waals surface area contributed by atoms with Crippen LogP contribution in [0.25, 0.3) is 0 Å². The molecule has 4 rings (SSSR count). The third kappa shape index (κ3) is 6.82. The Morgan fingerprint density at radius 2 is 1.79 bits per heavy atom. The van der Waals surface area contributed by atoms with E-state index in [1.54, 1.807) is 48.5 Å². The molecule has 1 heterocycles. The van der Waals surface area contributed by atoms with Gasteiger partial charge in [0.2, 0.25) is 5.91 Å². The Kier molecular flexibility index (Phi) is 7.76. The quantitative estimate of drug-likeness (QED) is 0.311. The number of carbonyl (C=O) groups is 1. The molecule has 6 nitrogen and oxygen atoms in total. The highest BCUT2D eigenvalue weighted by Crippen LogP contribution is 2.21. The van der Waals surface area contributed by atoms with Crippen molar-refractivity contribution in [2.75, 3.05) is 5.32 Å². The summed E-state index contributed by atoms with van der Waals surface area (Å²) in [6.07, 6.45) is 0.156. The van der Waals surface area contributed by atoms with Crippen LogP contribution in [0.15, 0.2) is 78.2 Å². The number of thiazole rings is 1. The van der Waals surface area contributed by atoms with Crippen molar-refractivity contribution >= 4 is 34.5 Å². The predicted octanol–water partition coefficient (Wildman–Crippen LogP) is 6.01. The highest BCUT2D eigenvalue weighted by atomic mass is 35.5. The summed E-state index contributed by atoms with van der Waals surface area (Å²) in [4.78, 5) is 17.0. The second-order valence-corrected chi connectivity index (χ2v) is 8.71. The van der Waals surface area contributed by atoms with Gasteiger partial charge in [0, 0.05) is 22.2 Å². The molecule has 4 aromatic rings. The highest BCUT2D eigenvalue weighted by Gasteiger charge is 2.10. The molecule has 0 aliphatic carbocycles. The zero-order valence-corrected chi connectivity index (χ0v) is 19.6. The van der Waals surface area contributed by atoms with Crippen LogP contribution in [0.5, 0.6) is 11.5 Å². The molecule has 170 valence electrons. The van der Waals surface area contributed by atoms with Crippen LogP contribution in [0.4, 0.5) is 5.69 Å². The number of amides is 1. The number of nitrogens with one attached hydrogen (secondary N) is 1. The summed E-state index contributed by atoms with van der Waals surface area (Å²) in [5.41, 5.74) is 2.80. The van der Waals surface area contributed by atoms with Gasteiger partial charge in [-0.3, -0.25) is 4.79 Å². The summed E-state index contributed by atoms with van der Waals surface area (Å²) in [5.74, 6) is 1.16. The lowest BCUT2D eigenvalue weighted by Gasteiger charge is -2.09. The second-order valence-electron chi connectivity index (χ2n) is 7.33. The molecule has 0 spiro atoms. The second kappa shape index (κ2) is 11.3. The van der Waals surface area contributed by atoms with E-state index >= 15 is 0 Å². The largest absolute Gasteiger partial charge is 0.489 e. The number of benzene rings is 3. The number of hydrogen-bond acceptors (Lipinski definition) is 6. The lowest BCUT2D eigenvalue weighted by atomic mass is 10.1. The van der Waals surface area contributed by atoms with Gasteiger partial charge in [0.05, 0.1) is 23.7 Å². The number of anilines is 1. The number of nitrogens with zero attached hydrogens (tertiary/aromatic N) is 2. The van der Waals surface area contributed by atoms with Crippen molar-refractivity contribution in [3.63, 3.8) is 0 Å². The van der Waals surface area contributed by atoms with Crippen LogP contribution >= 0.6 is 22.9 Å². The van der Waals surface area contributed by atoms with Gasteiger partial charge in [0.25, 0.3) is 0 Å². The van der Waals surface area contributed by atoms with Crippen LogP contribution in [0.2, 0.25) is 5.02 Å². The number of rotatable bonds is 9. The number of hydrogen-bond donors (Lipinski definition) is 1. The van der Waals surface area contributed by atoms with Crippen LogP contribution in [0.3, 0.4) is 0 Å². The van der Waals surface area contributed by atoms with Crippen LogP contribution in [0.1, 0.15) is 21.8 Å². The minimum Gasteiger partial charge on any atom is -0.489 e. The SMILES string of the molecule is N#Cc1cccc(COc2cccc(NC(=O)Cc3csc(COc4ccc(Cl)cc4)n3)c2)c1. The molecule has 1 N–H and O–H groups in total. The Labute approximate surface area is 206 Å². The molecule has 0 aliphatic rings. The maximum atomic E-state index is 12.5. The summed E-state index contributed by atoms with van der Waals surface area (Å²) < 4.78 is 11.5. The first-order chi connectivity index (χ1) is 16.6. The summed E-state index contributed by atoms with van der Waals surface area (Å²) in [6, 6.07) is 23.7. The molecular weight excluding hydrogens is 470 g/mol. The van der Waals surface area contributed by atoms with Crippen LogP contribution in [-0.4, -0.2) is 10.9 Å². The minimum atomic E-state index is -0.172. The molecule has 0 bridgehead atoms. The standard InChI is InChI=1S/C26H20ClN3O3S/c27-20-7-9-23(10-8-20)33-16-26-30-22(17-34-26)13-25(31)29-21-5-2-6-24(12-21)32-15-19-4-1-3-18(11-19)14-28/h1-12,17H,13,15-16H2,(H,29,31). The molecule has 0 unspecified atom stereocenters. The fraction of sp³-hybridized carbons (Fsp3) is 0.115. The van der Waals surface area contributed by atoms with Crippen molar-refractivity contribution < 1.29 is 14.3 Å². The summed E-state index contributed by atoms with van der Waals surface area (Å²) in [5, 5.41) is 15.2. The molecule has 0 radical (unpaired) electrons. The van der Waals surface area contributed by atoms with Gasteiger partial charge in [-0.05, 0) is 54.1 Å². The number of carbonyl (C=O) groups excluding carboxylic acids is 1. The topological polar surface area (TPSA) is 84.2 Å². The lowest BCUT2D eigenvalue weighted by Crippen LogP contribution is -2.14. The van der Waals surface area contributed by atoms with Gasteiger partial charge in [0.1, 0.15) is 29.7 Å². The normalized spacial score (nSPS) is 10.4. The summed E-state index contributed by atoms with van der Waals surface area (Å²) in [6.45, 7) is 0.650. The molecule has 34 heavy (non-hydrogen) atoms. The molecule has 8 heteroatoms. The van der Waals surface area contributed by atoms with Crippen molar-refractivity contribution in [3.8, 4) is 17.6 Å². The van der Waals surface area contributed by atoms with E-state index in [9.17, 15) is 4.79 Å². The van der Waals surface area contributed by atoms with Gasteiger partial charge in [-0.25, -0.2) is 4.98 Å². The molecule has 1 aromatic heterocycles. The molecule has 1 amide bonds. The first-order valence-electron chi connectivity index (χ1n) is 10.4. The van der Waals surface area contributed by atoms with Crippen molar-refractivity contribution in [3.05, 3.63) is 105 Å². The molecule has 0 aliphatic heterocycles. The number of halogens is 1. The summed E-state index contributed by atoms with van der Waals surface area (Å²) >= 11 is 7.33. The average molecular weight is 490 g/mol. The Hall–Kier alpha value is -3.86. The molecular formula is C26H20ClN3O3S. The van der Waals surface area contributed by atoms with Gasteiger partial charge in [-0.2, -0.15) is 5.26 Å². The molecule has 0 saturated heterocycles. The van der Waals surface area contributed by atoms with Crippen molar-refractivity contribution in [1.29, 1.82) is 5.26 Å². The number of aromatic nitrogens is 1. The summed E-state index contributed by atoms with van der Waals surface area (Å²) in [7, 11) is 0. The van der Waals surface area contributed by atoms with Crippen molar-refractivity contribution in [2.45, 2.75) is 19.6 Å². The van der Waals surface area contributed by atoms with Gasteiger partial charge in [-0.15, -0.1) is 11.3 Å². The first kappa shape index (κ1) is 23.3. The minimum absolute atomic E-state index is 0.156. The van der Waals surface area contributed by atoms with Crippen molar-refractivity contribution in [1.82, 2.24) is 4.98 Å². The van der Waals surface area contributed by atoms with E-state index < -0.39 is 0 Å². The Morgan fingerprint density at radius 1 is 1.00 bits per heavy atom. The van der Waals surface area contributed by atoms with Gasteiger partial charge in [0.15, 0.2) is 0 Å². The number of nitriles is 1. The van der Waals surface area contributed by atoms with Crippen molar-refractivity contribution in [2.24, 2.45) is 0 Å². The van der Waals surface area contributed by atoms with E-state index in [4.69, 9.17) is 26.3 Å². The zero-order valence-electron chi connectivity index (χ0n) is 18.0. The smallest absolute Gasteiger partial charge is 0.230 e. The Morgan fingerprint density at radius 3 is 2.62 bits per heavy atom. The third-order valence-corrected chi connectivity index (χ3v) is 5.82. The lowest BCUT2D eigenvalue weighted by molar-refractivity contribution is -0.115. The first-order valence-corrected chi connectivity index (χ1v) is 11.7. The highest BCUT2D eigenvalue weighted by molar-refractivity contribution is 7.09. The molecule has 0 fully saturated rings. The van der Waals surface area contributed by atoms with E-state index in [2.05, 4.69) is 16.4 Å². The third-order valence-electron chi connectivity index (χ3n) is 4.70. The van der Waals surface area contributed by atoms with E-state index in [0.29, 0.717) is 46.7 Å². The van der Waals surface area contributed by atoms with Crippen LogP contribution < -0.4 is 14.8 Å². The maximum absolute atomic E-state index is 12.5. The van der Waals surface area contributed by atoms with Gasteiger partial charge < -0.3 is 14.8 Å². The van der Waals surface area contributed by atoms with E-state index in [1.807, 2.05) is 29.6 Å². The average Bonchev–Trinajstić information content (AvgIpc) is 3.30. The predicted molar refractivity (Wildman–Crippen MR) is 132 cm³/mol. The Balaban J connectivity index is 1.27. The molecule has 0 saturated carbocycles. The van der Waals surface area contributed by atoms with E-state index in [-0.39, 0.29) is 12.3 Å². The fourth-order valence-electron chi connectivity index (χ4n) is 3.10. The maximum Gasteiger partial charge on any atom is 0.230 e. The van der Waals surface area contributed by atoms with Gasteiger partial charge >= 0.3 is 0 Å². The number of ether oxygens (including phenoxy) is 2. The van der Waals surface area contributed by atoms with Gasteiger partial charge in [-0.1, -0.05) is 29.8 Å². The zero-order chi connectivity index (χ0) is 23.8. The monoisotopic (exact) mass is 489 g/mol.